The fraction of sp³-hybridized carbons (Fsp3) is 0.350. The Labute approximate surface area is 172 Å². The van der Waals surface area contributed by atoms with Gasteiger partial charge in [0, 0.05) is 31.7 Å². The second kappa shape index (κ2) is 8.73. The van der Waals surface area contributed by atoms with Gasteiger partial charge < -0.3 is 15.4 Å². The standard InChI is InChI=1S/C20H23N5O3S/c1-13-4-2-3-5-14(13)18(26)22-17-15-12-16(29-20(15)24-23-17)19(27)21-6-7-25-8-10-28-11-9-25/h2-5,12H,6-11H2,1H3,(H,21,27)(H2,22,23,24,26). The Hall–Kier alpha value is -2.75. The van der Waals surface area contributed by atoms with E-state index in [1.807, 2.05) is 25.1 Å². The molecule has 3 N–H and O–H groups in total. The largest absolute Gasteiger partial charge is 0.379 e. The van der Waals surface area contributed by atoms with Crippen LogP contribution < -0.4 is 10.6 Å². The highest BCUT2D eigenvalue weighted by atomic mass is 32.1. The number of carbonyl (C=O) groups is 2. The number of carbonyl (C=O) groups excluding carboxylic acids is 2. The van der Waals surface area contributed by atoms with Gasteiger partial charge in [-0.3, -0.25) is 19.6 Å². The maximum absolute atomic E-state index is 12.6. The summed E-state index contributed by atoms with van der Waals surface area (Å²) in [5, 5.41) is 13.6. The van der Waals surface area contributed by atoms with Crippen LogP contribution in [-0.2, 0) is 4.74 Å². The van der Waals surface area contributed by atoms with E-state index >= 15 is 0 Å². The third-order valence-electron chi connectivity index (χ3n) is 4.92. The third kappa shape index (κ3) is 4.47. The van der Waals surface area contributed by atoms with E-state index in [1.165, 1.54) is 11.3 Å². The van der Waals surface area contributed by atoms with Crippen molar-refractivity contribution in [2.75, 3.05) is 44.7 Å². The first-order valence-electron chi connectivity index (χ1n) is 9.55. The lowest BCUT2D eigenvalue weighted by atomic mass is 10.1. The molecule has 29 heavy (non-hydrogen) atoms. The number of anilines is 1. The number of fused-ring (bicyclic) bond motifs is 1. The smallest absolute Gasteiger partial charge is 0.261 e. The van der Waals surface area contributed by atoms with Gasteiger partial charge in [0.25, 0.3) is 11.8 Å². The molecule has 4 rings (SSSR count). The van der Waals surface area contributed by atoms with Gasteiger partial charge in [0.15, 0.2) is 5.82 Å². The quantitative estimate of drug-likeness (QED) is 0.576. The van der Waals surface area contributed by atoms with Crippen molar-refractivity contribution >= 4 is 39.2 Å². The maximum Gasteiger partial charge on any atom is 0.261 e. The van der Waals surface area contributed by atoms with Crippen LogP contribution in [0.1, 0.15) is 25.6 Å². The SMILES string of the molecule is Cc1ccccc1C(=O)Nc1n[nH]c2sc(C(=O)NCCN3CCOCC3)cc12. The summed E-state index contributed by atoms with van der Waals surface area (Å²) in [4.78, 5) is 28.7. The number of amides is 2. The molecule has 0 atom stereocenters. The molecule has 1 aliphatic heterocycles. The molecule has 152 valence electrons. The van der Waals surface area contributed by atoms with Crippen molar-refractivity contribution in [3.8, 4) is 0 Å². The molecular formula is C20H23N5O3S. The zero-order chi connectivity index (χ0) is 20.2. The van der Waals surface area contributed by atoms with Gasteiger partial charge in [0.1, 0.15) is 4.83 Å². The lowest BCUT2D eigenvalue weighted by Gasteiger charge is -2.26. The predicted octanol–water partition coefficient (Wildman–Crippen LogP) is 2.25. The van der Waals surface area contributed by atoms with Gasteiger partial charge in [-0.2, -0.15) is 5.10 Å². The first kappa shape index (κ1) is 19.6. The number of hydrogen-bond acceptors (Lipinski definition) is 6. The second-order valence-electron chi connectivity index (χ2n) is 6.90. The number of H-pyrrole nitrogens is 1. The topological polar surface area (TPSA) is 99.3 Å². The molecule has 0 aliphatic carbocycles. The summed E-state index contributed by atoms with van der Waals surface area (Å²) in [5.41, 5.74) is 1.49. The molecule has 1 aliphatic rings. The van der Waals surface area contributed by atoms with Crippen LogP contribution >= 0.6 is 11.3 Å². The summed E-state index contributed by atoms with van der Waals surface area (Å²) in [6.07, 6.45) is 0. The monoisotopic (exact) mass is 413 g/mol. The molecule has 2 amide bonds. The molecule has 1 fully saturated rings. The minimum Gasteiger partial charge on any atom is -0.379 e. The highest BCUT2D eigenvalue weighted by molar-refractivity contribution is 7.20. The first-order chi connectivity index (χ1) is 14.1. The Morgan fingerprint density at radius 3 is 2.83 bits per heavy atom. The van der Waals surface area contributed by atoms with Crippen molar-refractivity contribution in [2.45, 2.75) is 6.92 Å². The Morgan fingerprint density at radius 2 is 2.03 bits per heavy atom. The van der Waals surface area contributed by atoms with Crippen molar-refractivity contribution in [1.29, 1.82) is 0 Å². The van der Waals surface area contributed by atoms with Crippen molar-refractivity contribution in [3.05, 3.63) is 46.3 Å². The number of benzene rings is 1. The third-order valence-corrected chi connectivity index (χ3v) is 5.96. The average Bonchev–Trinajstić information content (AvgIpc) is 3.31. The van der Waals surface area contributed by atoms with Gasteiger partial charge in [-0.15, -0.1) is 11.3 Å². The van der Waals surface area contributed by atoms with Gasteiger partial charge in [-0.1, -0.05) is 18.2 Å². The highest BCUT2D eigenvalue weighted by Crippen LogP contribution is 2.29. The number of morpholine rings is 1. The lowest BCUT2D eigenvalue weighted by molar-refractivity contribution is 0.0383. The van der Waals surface area contributed by atoms with Crippen molar-refractivity contribution in [1.82, 2.24) is 20.4 Å². The van der Waals surface area contributed by atoms with E-state index in [2.05, 4.69) is 25.7 Å². The fourth-order valence-electron chi connectivity index (χ4n) is 3.27. The summed E-state index contributed by atoms with van der Waals surface area (Å²) >= 11 is 1.32. The molecule has 3 aromatic rings. The fourth-order valence-corrected chi connectivity index (χ4v) is 4.18. The van der Waals surface area contributed by atoms with Crippen molar-refractivity contribution in [3.63, 3.8) is 0 Å². The van der Waals surface area contributed by atoms with Gasteiger partial charge in [0.05, 0.1) is 23.5 Å². The Balaban J connectivity index is 1.39. The summed E-state index contributed by atoms with van der Waals surface area (Å²) in [6.45, 7) is 6.55. The van der Waals surface area contributed by atoms with Crippen LogP contribution in [0.25, 0.3) is 10.2 Å². The van der Waals surface area contributed by atoms with Crippen LogP contribution in [0.5, 0.6) is 0 Å². The molecule has 3 heterocycles. The number of aryl methyl sites for hydroxylation is 1. The molecule has 0 radical (unpaired) electrons. The van der Waals surface area contributed by atoms with Crippen LogP contribution in [0.2, 0.25) is 0 Å². The summed E-state index contributed by atoms with van der Waals surface area (Å²) in [5.74, 6) is 0.0834. The molecule has 0 spiro atoms. The number of hydrogen-bond donors (Lipinski definition) is 3. The molecule has 0 bridgehead atoms. The number of aromatic nitrogens is 2. The summed E-state index contributed by atoms with van der Waals surface area (Å²) in [7, 11) is 0. The minimum absolute atomic E-state index is 0.121. The van der Waals surface area contributed by atoms with E-state index in [0.717, 1.165) is 48.6 Å². The van der Waals surface area contributed by atoms with Crippen molar-refractivity contribution in [2.24, 2.45) is 0 Å². The molecule has 9 heteroatoms. The van der Waals surface area contributed by atoms with Gasteiger partial charge in [0.2, 0.25) is 0 Å². The van der Waals surface area contributed by atoms with E-state index in [1.54, 1.807) is 12.1 Å². The second-order valence-corrected chi connectivity index (χ2v) is 7.96. The summed E-state index contributed by atoms with van der Waals surface area (Å²) in [6, 6.07) is 9.14. The zero-order valence-electron chi connectivity index (χ0n) is 16.2. The first-order valence-corrected chi connectivity index (χ1v) is 10.4. The molecule has 1 saturated heterocycles. The molecule has 2 aromatic heterocycles. The normalized spacial score (nSPS) is 14.8. The van der Waals surface area contributed by atoms with Gasteiger partial charge >= 0.3 is 0 Å². The summed E-state index contributed by atoms with van der Waals surface area (Å²) < 4.78 is 5.33. The van der Waals surface area contributed by atoms with Gasteiger partial charge in [-0.05, 0) is 24.6 Å². The van der Waals surface area contributed by atoms with Crippen molar-refractivity contribution < 1.29 is 14.3 Å². The number of thiophene rings is 1. The number of aromatic amines is 1. The van der Waals surface area contributed by atoms with E-state index in [4.69, 9.17) is 4.74 Å². The molecule has 8 nitrogen and oxygen atoms in total. The predicted molar refractivity (Wildman–Crippen MR) is 113 cm³/mol. The molecule has 0 unspecified atom stereocenters. The molecule has 1 aromatic carbocycles. The molecule has 0 saturated carbocycles. The average molecular weight is 414 g/mol. The maximum atomic E-state index is 12.6. The number of nitrogens with one attached hydrogen (secondary N) is 3. The van der Waals surface area contributed by atoms with E-state index in [-0.39, 0.29) is 11.8 Å². The Bertz CT molecular complexity index is 1020. The van der Waals surface area contributed by atoms with E-state index in [9.17, 15) is 9.59 Å². The highest BCUT2D eigenvalue weighted by Gasteiger charge is 2.18. The Kier molecular flexibility index (Phi) is 5.89. The molecular weight excluding hydrogens is 390 g/mol. The van der Waals surface area contributed by atoms with Crippen LogP contribution in [0.15, 0.2) is 30.3 Å². The minimum atomic E-state index is -0.223. The van der Waals surface area contributed by atoms with Gasteiger partial charge in [-0.25, -0.2) is 0 Å². The van der Waals surface area contributed by atoms with Crippen LogP contribution in [0.3, 0.4) is 0 Å². The number of rotatable bonds is 6. The lowest BCUT2D eigenvalue weighted by Crippen LogP contribution is -2.41. The Morgan fingerprint density at radius 1 is 1.24 bits per heavy atom. The van der Waals surface area contributed by atoms with Crippen LogP contribution in [-0.4, -0.2) is 66.3 Å². The van der Waals surface area contributed by atoms with Crippen LogP contribution in [0, 0.1) is 6.92 Å². The zero-order valence-corrected chi connectivity index (χ0v) is 17.0. The van der Waals surface area contributed by atoms with E-state index in [0.29, 0.717) is 22.8 Å². The number of nitrogens with zero attached hydrogens (tertiary/aromatic N) is 2. The number of ether oxygens (including phenoxy) is 1. The van der Waals surface area contributed by atoms with E-state index < -0.39 is 0 Å². The van der Waals surface area contributed by atoms with Crippen LogP contribution in [0.4, 0.5) is 5.82 Å².